The zero-order valence-corrected chi connectivity index (χ0v) is 4.75. The largest absolute Gasteiger partial charge is 0.327 e. The third-order valence-electron chi connectivity index (χ3n) is 2.29. The Morgan fingerprint density at radius 3 is 2.12 bits per heavy atom. The number of fused-ring (bicyclic) bond motifs is 1. The van der Waals surface area contributed by atoms with Crippen LogP contribution in [0.4, 0.5) is 0 Å². The number of nitrogens with zero attached hydrogens (tertiary/aromatic N) is 1. The van der Waals surface area contributed by atoms with Gasteiger partial charge < -0.3 is 5.73 Å². The molecule has 2 aliphatic rings. The van der Waals surface area contributed by atoms with Crippen molar-refractivity contribution in [3.05, 3.63) is 0 Å². The van der Waals surface area contributed by atoms with Gasteiger partial charge >= 0.3 is 0 Å². The lowest BCUT2D eigenvalue weighted by molar-refractivity contribution is 0.309. The first kappa shape index (κ1) is 4.73. The fraction of sp³-hybridized carbons (Fsp3) is 1.00. The second kappa shape index (κ2) is 1.23. The molecule has 2 atom stereocenters. The maximum atomic E-state index is 5.65. The Morgan fingerprint density at radius 2 is 1.75 bits per heavy atom. The summed E-state index contributed by atoms with van der Waals surface area (Å²) < 4.78 is 0. The van der Waals surface area contributed by atoms with Gasteiger partial charge in [-0.15, -0.1) is 0 Å². The third kappa shape index (κ3) is 0.438. The third-order valence-corrected chi connectivity index (χ3v) is 2.29. The average molecular weight is 113 g/mol. The molecule has 2 fully saturated rings. The van der Waals surface area contributed by atoms with Gasteiger partial charge in [-0.1, -0.05) is 0 Å². The highest BCUT2D eigenvalue weighted by molar-refractivity contribution is 5.07. The van der Waals surface area contributed by atoms with Gasteiger partial charge in [0.15, 0.2) is 0 Å². The molecule has 0 amide bonds. The van der Waals surface area contributed by atoms with Crippen molar-refractivity contribution in [2.75, 3.05) is 13.1 Å². The van der Waals surface area contributed by atoms with E-state index in [2.05, 4.69) is 0 Å². The van der Waals surface area contributed by atoms with Crippen LogP contribution >= 0.6 is 0 Å². The zero-order chi connectivity index (χ0) is 5.72. The van der Waals surface area contributed by atoms with Crippen molar-refractivity contribution in [2.45, 2.75) is 6.04 Å². The Kier molecular flexibility index (Phi) is 0.730. The molecule has 3 heteroatoms. The van der Waals surface area contributed by atoms with Crippen LogP contribution in [0.25, 0.3) is 0 Å². The summed E-state index contributed by atoms with van der Waals surface area (Å²) in [6, 6.07) is 0.481. The summed E-state index contributed by atoms with van der Waals surface area (Å²) in [5.74, 6) is 6.97. The molecule has 0 radical (unpaired) electrons. The van der Waals surface area contributed by atoms with Gasteiger partial charge in [-0.2, -0.15) is 0 Å². The minimum absolute atomic E-state index is 0.481. The topological polar surface area (TPSA) is 55.3 Å². The Labute approximate surface area is 48.6 Å². The van der Waals surface area contributed by atoms with Crippen LogP contribution in [-0.2, 0) is 0 Å². The molecule has 1 aliphatic carbocycles. The molecule has 0 aromatic heterocycles. The predicted octanol–water partition coefficient (Wildman–Crippen LogP) is -1.25. The fourth-order valence-electron chi connectivity index (χ4n) is 1.60. The quantitative estimate of drug-likeness (QED) is 0.386. The maximum absolute atomic E-state index is 5.65. The Bertz CT molecular complexity index is 102. The van der Waals surface area contributed by atoms with Crippen LogP contribution < -0.4 is 11.6 Å². The van der Waals surface area contributed by atoms with Gasteiger partial charge in [-0.05, 0) is 11.8 Å². The number of hydrazine groups is 1. The molecular formula is C5H11N3. The number of hydrogen-bond acceptors (Lipinski definition) is 3. The summed E-state index contributed by atoms with van der Waals surface area (Å²) in [6.45, 7) is 2.04. The molecule has 1 heterocycles. The van der Waals surface area contributed by atoms with E-state index in [1.165, 1.54) is 0 Å². The summed E-state index contributed by atoms with van der Waals surface area (Å²) >= 11 is 0. The Morgan fingerprint density at radius 1 is 1.25 bits per heavy atom. The first-order chi connectivity index (χ1) is 3.79. The normalized spacial score (nSPS) is 54.0. The number of hydrogen-bond donors (Lipinski definition) is 2. The molecule has 46 valence electrons. The van der Waals surface area contributed by atoms with E-state index in [-0.39, 0.29) is 0 Å². The molecule has 1 saturated heterocycles. The Hall–Kier alpha value is -0.120. The van der Waals surface area contributed by atoms with E-state index >= 15 is 0 Å². The smallest absolute Gasteiger partial charge is 0.0175 e. The van der Waals surface area contributed by atoms with E-state index in [1.54, 1.807) is 0 Å². The van der Waals surface area contributed by atoms with Gasteiger partial charge in [0.05, 0.1) is 0 Å². The molecule has 3 nitrogen and oxygen atoms in total. The molecule has 2 unspecified atom stereocenters. The SMILES string of the molecule is NC1C2CN(N)CC12. The standard InChI is InChI=1S/C5H11N3/c6-5-3-1-8(7)2-4(3)5/h3-5H,1-2,6-7H2. The van der Waals surface area contributed by atoms with Crippen molar-refractivity contribution >= 4 is 0 Å². The van der Waals surface area contributed by atoms with E-state index < -0.39 is 0 Å². The number of nitrogens with two attached hydrogens (primary N) is 2. The van der Waals surface area contributed by atoms with Crippen LogP contribution in [0.2, 0.25) is 0 Å². The molecule has 1 saturated carbocycles. The number of rotatable bonds is 0. The molecule has 1 aliphatic heterocycles. The van der Waals surface area contributed by atoms with E-state index in [0.29, 0.717) is 6.04 Å². The molecule has 0 aromatic rings. The highest BCUT2D eigenvalue weighted by Gasteiger charge is 2.52. The molecule has 8 heavy (non-hydrogen) atoms. The van der Waals surface area contributed by atoms with Crippen LogP contribution in [0.1, 0.15) is 0 Å². The van der Waals surface area contributed by atoms with E-state index in [9.17, 15) is 0 Å². The highest BCUT2D eigenvalue weighted by Crippen LogP contribution is 2.42. The van der Waals surface area contributed by atoms with Gasteiger partial charge in [0.2, 0.25) is 0 Å². The monoisotopic (exact) mass is 113 g/mol. The van der Waals surface area contributed by atoms with Crippen molar-refractivity contribution in [1.29, 1.82) is 0 Å². The van der Waals surface area contributed by atoms with Crippen LogP contribution in [0, 0.1) is 11.8 Å². The molecule has 0 bridgehead atoms. The van der Waals surface area contributed by atoms with Crippen molar-refractivity contribution in [2.24, 2.45) is 23.4 Å². The second-order valence-corrected chi connectivity index (χ2v) is 2.86. The summed E-state index contributed by atoms with van der Waals surface area (Å²) in [7, 11) is 0. The van der Waals surface area contributed by atoms with Crippen LogP contribution in [0.15, 0.2) is 0 Å². The van der Waals surface area contributed by atoms with E-state index in [4.69, 9.17) is 11.6 Å². The molecular weight excluding hydrogens is 102 g/mol. The van der Waals surface area contributed by atoms with Crippen molar-refractivity contribution < 1.29 is 0 Å². The Balaban J connectivity index is 2.00. The van der Waals surface area contributed by atoms with Crippen LogP contribution in [0.5, 0.6) is 0 Å². The number of piperidine rings is 1. The van der Waals surface area contributed by atoms with Gasteiger partial charge in [0.25, 0.3) is 0 Å². The summed E-state index contributed by atoms with van der Waals surface area (Å²) in [6.07, 6.45) is 0. The van der Waals surface area contributed by atoms with Crippen LogP contribution in [-0.4, -0.2) is 24.1 Å². The summed E-state index contributed by atoms with van der Waals surface area (Å²) in [5, 5.41) is 1.86. The predicted molar refractivity (Wildman–Crippen MR) is 30.7 cm³/mol. The van der Waals surface area contributed by atoms with Gasteiger partial charge in [-0.25, -0.2) is 5.01 Å². The van der Waals surface area contributed by atoms with E-state index in [0.717, 1.165) is 24.9 Å². The van der Waals surface area contributed by atoms with Gasteiger partial charge in [0, 0.05) is 19.1 Å². The molecule has 0 aromatic carbocycles. The van der Waals surface area contributed by atoms with Crippen molar-refractivity contribution in [3.8, 4) is 0 Å². The maximum Gasteiger partial charge on any atom is 0.0175 e. The molecule has 0 spiro atoms. The lowest BCUT2D eigenvalue weighted by Crippen LogP contribution is -2.33. The van der Waals surface area contributed by atoms with Crippen LogP contribution in [0.3, 0.4) is 0 Å². The summed E-state index contributed by atoms with van der Waals surface area (Å²) in [5.41, 5.74) is 5.65. The van der Waals surface area contributed by atoms with Crippen molar-refractivity contribution in [3.63, 3.8) is 0 Å². The average Bonchev–Trinajstić information content (AvgIpc) is 2.29. The second-order valence-electron chi connectivity index (χ2n) is 2.86. The van der Waals surface area contributed by atoms with Crippen molar-refractivity contribution in [1.82, 2.24) is 5.01 Å². The van der Waals surface area contributed by atoms with E-state index in [1.807, 2.05) is 5.01 Å². The highest BCUT2D eigenvalue weighted by atomic mass is 15.4. The first-order valence-corrected chi connectivity index (χ1v) is 3.04. The summed E-state index contributed by atoms with van der Waals surface area (Å²) in [4.78, 5) is 0. The van der Waals surface area contributed by atoms with Gasteiger partial charge in [0.1, 0.15) is 0 Å². The minimum Gasteiger partial charge on any atom is -0.327 e. The first-order valence-electron chi connectivity index (χ1n) is 3.04. The van der Waals surface area contributed by atoms with Gasteiger partial charge in [-0.3, -0.25) is 5.84 Å². The minimum atomic E-state index is 0.481. The lowest BCUT2D eigenvalue weighted by Gasteiger charge is -2.09. The zero-order valence-electron chi connectivity index (χ0n) is 4.75. The molecule has 2 rings (SSSR count). The molecule has 4 N–H and O–H groups in total. The lowest BCUT2D eigenvalue weighted by atomic mass is 10.4. The fourth-order valence-corrected chi connectivity index (χ4v) is 1.60.